The van der Waals surface area contributed by atoms with Crippen LogP contribution in [0.5, 0.6) is 0 Å². The molecule has 19 heavy (non-hydrogen) atoms. The molecule has 1 atom stereocenters. The van der Waals surface area contributed by atoms with Gasteiger partial charge in [0.1, 0.15) is 0 Å². The molecule has 0 aliphatic carbocycles. The monoisotopic (exact) mass is 261 g/mol. The standard InChI is InChI=1S/C16H27N3/c1-13-5-6-16(11-14(13)2)19-9-7-18(8-10-19)15(3)12-17-4/h5-6,11,15,17H,7-10,12H2,1-4H3. The van der Waals surface area contributed by atoms with Crippen molar-refractivity contribution < 1.29 is 0 Å². The average Bonchev–Trinajstić information content (AvgIpc) is 2.42. The molecule has 1 N–H and O–H groups in total. The number of hydrogen-bond donors (Lipinski definition) is 1. The number of hydrogen-bond acceptors (Lipinski definition) is 3. The van der Waals surface area contributed by atoms with E-state index >= 15 is 0 Å². The zero-order valence-electron chi connectivity index (χ0n) is 12.7. The van der Waals surface area contributed by atoms with Crippen LogP contribution in [0.3, 0.4) is 0 Å². The maximum absolute atomic E-state index is 3.27. The molecule has 106 valence electrons. The van der Waals surface area contributed by atoms with E-state index in [-0.39, 0.29) is 0 Å². The highest BCUT2D eigenvalue weighted by Crippen LogP contribution is 2.20. The van der Waals surface area contributed by atoms with Gasteiger partial charge < -0.3 is 10.2 Å². The van der Waals surface area contributed by atoms with Crippen molar-refractivity contribution in [2.45, 2.75) is 26.8 Å². The summed E-state index contributed by atoms with van der Waals surface area (Å²) in [7, 11) is 2.03. The second-order valence-corrected chi connectivity index (χ2v) is 5.70. The molecule has 1 aromatic rings. The van der Waals surface area contributed by atoms with Crippen LogP contribution in [0.25, 0.3) is 0 Å². The third-order valence-corrected chi connectivity index (χ3v) is 4.29. The summed E-state index contributed by atoms with van der Waals surface area (Å²) < 4.78 is 0. The summed E-state index contributed by atoms with van der Waals surface area (Å²) >= 11 is 0. The fourth-order valence-electron chi connectivity index (χ4n) is 2.77. The van der Waals surface area contributed by atoms with E-state index in [1.54, 1.807) is 0 Å². The van der Waals surface area contributed by atoms with Gasteiger partial charge in [-0.05, 0) is 51.1 Å². The predicted molar refractivity (Wildman–Crippen MR) is 83.1 cm³/mol. The second-order valence-electron chi connectivity index (χ2n) is 5.70. The van der Waals surface area contributed by atoms with Crippen LogP contribution in [-0.2, 0) is 0 Å². The Morgan fingerprint density at radius 1 is 1.11 bits per heavy atom. The van der Waals surface area contributed by atoms with Crippen LogP contribution in [0.15, 0.2) is 18.2 Å². The molecule has 1 unspecified atom stereocenters. The van der Waals surface area contributed by atoms with E-state index in [9.17, 15) is 0 Å². The fraction of sp³-hybridized carbons (Fsp3) is 0.625. The molecule has 1 saturated heterocycles. The summed E-state index contributed by atoms with van der Waals surface area (Å²) in [6, 6.07) is 7.45. The van der Waals surface area contributed by atoms with Gasteiger partial charge in [-0.1, -0.05) is 6.07 Å². The lowest BCUT2D eigenvalue weighted by molar-refractivity contribution is 0.195. The first kappa shape index (κ1) is 14.4. The molecule has 0 amide bonds. The molecule has 1 aliphatic heterocycles. The number of benzene rings is 1. The van der Waals surface area contributed by atoms with Gasteiger partial charge in [0.25, 0.3) is 0 Å². The normalized spacial score (nSPS) is 18.6. The van der Waals surface area contributed by atoms with E-state index in [0.717, 1.165) is 32.7 Å². The van der Waals surface area contributed by atoms with Gasteiger partial charge in [-0.25, -0.2) is 0 Å². The minimum Gasteiger partial charge on any atom is -0.369 e. The summed E-state index contributed by atoms with van der Waals surface area (Å²) in [6.45, 7) is 12.4. The molecule has 0 bridgehead atoms. The van der Waals surface area contributed by atoms with Gasteiger partial charge in [0, 0.05) is 44.5 Å². The maximum Gasteiger partial charge on any atom is 0.0369 e. The fourth-order valence-corrected chi connectivity index (χ4v) is 2.77. The number of nitrogens with zero attached hydrogens (tertiary/aromatic N) is 2. The highest BCUT2D eigenvalue weighted by atomic mass is 15.3. The first-order valence-electron chi connectivity index (χ1n) is 7.32. The van der Waals surface area contributed by atoms with Crippen LogP contribution in [0.4, 0.5) is 5.69 Å². The third kappa shape index (κ3) is 3.48. The molecule has 1 fully saturated rings. The Morgan fingerprint density at radius 2 is 1.79 bits per heavy atom. The summed E-state index contributed by atoms with van der Waals surface area (Å²) in [6.07, 6.45) is 0. The molecular formula is C16H27N3. The predicted octanol–water partition coefficient (Wildman–Crippen LogP) is 2.03. The smallest absolute Gasteiger partial charge is 0.0369 e. The maximum atomic E-state index is 3.27. The number of anilines is 1. The minimum absolute atomic E-state index is 0.631. The summed E-state index contributed by atoms with van der Waals surface area (Å²) in [5.41, 5.74) is 4.15. The van der Waals surface area contributed by atoms with Crippen LogP contribution in [0, 0.1) is 13.8 Å². The number of aryl methyl sites for hydroxylation is 2. The first-order valence-corrected chi connectivity index (χ1v) is 7.32. The second kappa shape index (κ2) is 6.40. The van der Waals surface area contributed by atoms with Crippen molar-refractivity contribution in [3.63, 3.8) is 0 Å². The Morgan fingerprint density at radius 3 is 2.37 bits per heavy atom. The van der Waals surface area contributed by atoms with E-state index in [1.165, 1.54) is 16.8 Å². The van der Waals surface area contributed by atoms with Crippen LogP contribution < -0.4 is 10.2 Å². The molecule has 1 aromatic carbocycles. The summed E-state index contributed by atoms with van der Waals surface area (Å²) in [5.74, 6) is 0. The summed E-state index contributed by atoms with van der Waals surface area (Å²) in [4.78, 5) is 5.09. The largest absolute Gasteiger partial charge is 0.369 e. The highest BCUT2D eigenvalue weighted by molar-refractivity contribution is 5.51. The quantitative estimate of drug-likeness (QED) is 0.895. The van der Waals surface area contributed by atoms with Crippen molar-refractivity contribution in [1.82, 2.24) is 10.2 Å². The Kier molecular flexibility index (Phi) is 4.83. The van der Waals surface area contributed by atoms with E-state index in [4.69, 9.17) is 0 Å². The van der Waals surface area contributed by atoms with Gasteiger partial charge >= 0.3 is 0 Å². The molecule has 1 aliphatic rings. The van der Waals surface area contributed by atoms with Crippen molar-refractivity contribution in [2.75, 3.05) is 44.7 Å². The molecule has 0 spiro atoms. The van der Waals surface area contributed by atoms with Crippen LogP contribution in [0.1, 0.15) is 18.1 Å². The number of nitrogens with one attached hydrogen (secondary N) is 1. The number of piperazine rings is 1. The van der Waals surface area contributed by atoms with Crippen molar-refractivity contribution in [1.29, 1.82) is 0 Å². The number of rotatable bonds is 4. The zero-order chi connectivity index (χ0) is 13.8. The van der Waals surface area contributed by atoms with Crippen molar-refractivity contribution >= 4 is 5.69 Å². The Labute approximate surface area is 117 Å². The van der Waals surface area contributed by atoms with Crippen molar-refractivity contribution in [3.05, 3.63) is 29.3 Å². The average molecular weight is 261 g/mol. The van der Waals surface area contributed by atoms with Crippen molar-refractivity contribution in [2.24, 2.45) is 0 Å². The van der Waals surface area contributed by atoms with Gasteiger partial charge in [-0.3, -0.25) is 4.90 Å². The Hall–Kier alpha value is -1.06. The van der Waals surface area contributed by atoms with E-state index in [2.05, 4.69) is 54.1 Å². The Bertz CT molecular complexity index is 408. The molecular weight excluding hydrogens is 234 g/mol. The zero-order valence-corrected chi connectivity index (χ0v) is 12.7. The van der Waals surface area contributed by atoms with E-state index in [1.807, 2.05) is 7.05 Å². The molecule has 3 nitrogen and oxygen atoms in total. The van der Waals surface area contributed by atoms with Crippen LogP contribution in [-0.4, -0.2) is 50.7 Å². The lowest BCUT2D eigenvalue weighted by atomic mass is 10.1. The van der Waals surface area contributed by atoms with Gasteiger partial charge in [-0.15, -0.1) is 0 Å². The van der Waals surface area contributed by atoms with Gasteiger partial charge in [-0.2, -0.15) is 0 Å². The summed E-state index contributed by atoms with van der Waals surface area (Å²) in [5, 5.41) is 3.27. The SMILES string of the molecule is CNCC(C)N1CCN(c2ccc(C)c(C)c2)CC1. The number of likely N-dealkylation sites (N-methyl/N-ethyl adjacent to an activating group) is 1. The van der Waals surface area contributed by atoms with Crippen LogP contribution >= 0.6 is 0 Å². The minimum atomic E-state index is 0.631. The van der Waals surface area contributed by atoms with Crippen molar-refractivity contribution in [3.8, 4) is 0 Å². The lowest BCUT2D eigenvalue weighted by Gasteiger charge is -2.39. The van der Waals surface area contributed by atoms with E-state index in [0.29, 0.717) is 6.04 Å². The Balaban J connectivity index is 1.94. The van der Waals surface area contributed by atoms with Gasteiger partial charge in [0.15, 0.2) is 0 Å². The lowest BCUT2D eigenvalue weighted by Crippen LogP contribution is -2.51. The molecule has 2 rings (SSSR count). The molecule has 1 heterocycles. The van der Waals surface area contributed by atoms with Crippen LogP contribution in [0.2, 0.25) is 0 Å². The highest BCUT2D eigenvalue weighted by Gasteiger charge is 2.20. The molecule has 3 heteroatoms. The molecule has 0 radical (unpaired) electrons. The van der Waals surface area contributed by atoms with Gasteiger partial charge in [0.2, 0.25) is 0 Å². The third-order valence-electron chi connectivity index (χ3n) is 4.29. The molecule has 0 aromatic heterocycles. The van der Waals surface area contributed by atoms with Gasteiger partial charge in [0.05, 0.1) is 0 Å². The molecule has 0 saturated carbocycles. The van der Waals surface area contributed by atoms with E-state index < -0.39 is 0 Å². The topological polar surface area (TPSA) is 18.5 Å². The first-order chi connectivity index (χ1) is 9.11.